The van der Waals surface area contributed by atoms with E-state index in [-0.39, 0.29) is 33.6 Å². The van der Waals surface area contributed by atoms with Crippen molar-refractivity contribution < 1.29 is 14.3 Å². The summed E-state index contributed by atoms with van der Waals surface area (Å²) in [6.45, 7) is 15.2. The molecule has 142 valence electrons. The normalized spacial score (nSPS) is 10.5. The quantitative estimate of drug-likeness (QED) is 0.230. The van der Waals surface area contributed by atoms with Crippen LogP contribution in [0.2, 0.25) is 0 Å². The fourth-order valence-electron chi connectivity index (χ4n) is 2.24. The number of nitrogens with zero attached hydrogens (tertiary/aromatic N) is 2. The van der Waals surface area contributed by atoms with Gasteiger partial charge in [0, 0.05) is 0 Å². The number of benzene rings is 1. The number of thioether (sulfide) groups is 1. The third kappa shape index (κ3) is 5.96. The van der Waals surface area contributed by atoms with Gasteiger partial charge in [-0.15, -0.1) is 0 Å². The van der Waals surface area contributed by atoms with E-state index >= 15 is 0 Å². The predicted molar refractivity (Wildman–Crippen MR) is 108 cm³/mol. The van der Waals surface area contributed by atoms with Crippen molar-refractivity contribution in [3.05, 3.63) is 39.7 Å². The Morgan fingerprint density at radius 3 is 2.78 bits per heavy atom. The number of rotatable bonds is 7. The summed E-state index contributed by atoms with van der Waals surface area (Å²) in [6, 6.07) is 5.75. The third-order valence-corrected chi connectivity index (χ3v) is 6.94. The van der Waals surface area contributed by atoms with E-state index in [2.05, 4.69) is 29.0 Å². The first-order chi connectivity index (χ1) is 12.8. The fourth-order valence-corrected chi connectivity index (χ4v) is 5.12. The number of amides is 1. The molecule has 1 aromatic heterocycles. The number of hydrogen-bond donors (Lipinski definition) is 1. The second-order valence-corrected chi connectivity index (χ2v) is 9.73. The van der Waals surface area contributed by atoms with E-state index in [4.69, 9.17) is 11.3 Å². The second kappa shape index (κ2) is 9.75. The van der Waals surface area contributed by atoms with E-state index in [1.165, 1.54) is 6.92 Å². The maximum atomic E-state index is 12.3. The molecule has 0 atom stereocenters. The number of esters is 1. The topological polar surface area (TPSA) is 72.7 Å². The molecule has 6 nitrogen and oxygen atoms in total. The molecule has 0 aliphatic carbocycles. The van der Waals surface area contributed by atoms with Crippen LogP contribution in [0.15, 0.2) is 23.1 Å². The van der Waals surface area contributed by atoms with Crippen molar-refractivity contribution in [1.29, 1.82) is 0 Å². The molecule has 8 heteroatoms. The van der Waals surface area contributed by atoms with Gasteiger partial charge in [0.2, 0.25) is 0 Å². The molecule has 0 bridgehead atoms. The zero-order valence-electron chi connectivity index (χ0n) is 15.7. The average molecular weight is 450 g/mol. The number of ether oxygens (including phenoxy) is 1. The number of hydrogen-bond acceptors (Lipinski definition) is 5. The molecule has 1 amide bonds. The summed E-state index contributed by atoms with van der Waals surface area (Å²) in [5.74, 6) is -0.555. The summed E-state index contributed by atoms with van der Waals surface area (Å²) in [7, 11) is 0. The molecular formula is C19H21N3O3SSe. The second-order valence-electron chi connectivity index (χ2n) is 6.01. The Labute approximate surface area is 169 Å². The molecule has 1 heterocycles. The standard InChI is InChI=1S/C19H21N3O3SSe/c1-11(2)26-16-7-6-14(10-15(16)20-5)18-22-12(3)17(27-18)19(24)25-9-8-21-13(4)23/h6-7,10-11H,8-9H2,1-4H3,(H,21,23). The first-order valence-electron chi connectivity index (χ1n) is 8.39. The summed E-state index contributed by atoms with van der Waals surface area (Å²) >= 11 is 1.38. The summed E-state index contributed by atoms with van der Waals surface area (Å²) in [4.78, 5) is 32.2. The van der Waals surface area contributed by atoms with Crippen LogP contribution in [0.5, 0.6) is 0 Å². The van der Waals surface area contributed by atoms with Crippen molar-refractivity contribution in [3.8, 4) is 10.1 Å². The summed E-state index contributed by atoms with van der Waals surface area (Å²) in [6.07, 6.45) is 0. The minimum atomic E-state index is -0.394. The number of nitrogens with one attached hydrogen (secondary N) is 1. The van der Waals surface area contributed by atoms with Gasteiger partial charge < -0.3 is 0 Å². The van der Waals surface area contributed by atoms with Crippen LogP contribution in [-0.4, -0.2) is 49.8 Å². The Hall–Kier alpha value is -2.07. The first kappa shape index (κ1) is 21.2. The molecule has 0 spiro atoms. The van der Waals surface area contributed by atoms with Crippen molar-refractivity contribution >= 4 is 43.8 Å². The third-order valence-electron chi connectivity index (χ3n) is 3.38. The number of carbonyl (C=O) groups excluding carboxylic acids is 2. The number of aromatic nitrogens is 1. The molecule has 0 saturated carbocycles. The van der Waals surface area contributed by atoms with Crippen molar-refractivity contribution in [2.24, 2.45) is 0 Å². The minimum absolute atomic E-state index is 0.129. The molecule has 0 aliphatic heterocycles. The van der Waals surface area contributed by atoms with Crippen LogP contribution in [-0.2, 0) is 9.53 Å². The molecule has 0 fully saturated rings. The van der Waals surface area contributed by atoms with Gasteiger partial charge in [-0.2, -0.15) is 0 Å². The molecule has 0 saturated heterocycles. The van der Waals surface area contributed by atoms with E-state index < -0.39 is 5.97 Å². The van der Waals surface area contributed by atoms with Gasteiger partial charge in [0.25, 0.3) is 0 Å². The van der Waals surface area contributed by atoms with E-state index in [1.54, 1.807) is 18.7 Å². The Morgan fingerprint density at radius 2 is 2.15 bits per heavy atom. The first-order valence-corrected chi connectivity index (χ1v) is 11.0. The van der Waals surface area contributed by atoms with E-state index in [1.807, 2.05) is 18.2 Å². The van der Waals surface area contributed by atoms with Crippen LogP contribution < -0.4 is 5.32 Å². The van der Waals surface area contributed by atoms with E-state index in [9.17, 15) is 9.59 Å². The van der Waals surface area contributed by atoms with Gasteiger partial charge in [-0.3, -0.25) is 0 Å². The van der Waals surface area contributed by atoms with E-state index in [0.717, 1.165) is 15.0 Å². The van der Waals surface area contributed by atoms with Gasteiger partial charge >= 0.3 is 169 Å². The van der Waals surface area contributed by atoms with Gasteiger partial charge in [-0.1, -0.05) is 0 Å². The van der Waals surface area contributed by atoms with Crippen LogP contribution in [0.25, 0.3) is 15.0 Å². The molecule has 0 unspecified atom stereocenters. The monoisotopic (exact) mass is 451 g/mol. The van der Waals surface area contributed by atoms with Gasteiger partial charge in [-0.25, -0.2) is 0 Å². The van der Waals surface area contributed by atoms with Crippen LogP contribution in [0.4, 0.5) is 5.69 Å². The zero-order valence-corrected chi connectivity index (χ0v) is 18.2. The predicted octanol–water partition coefficient (Wildman–Crippen LogP) is 3.46. The molecule has 1 aromatic carbocycles. The van der Waals surface area contributed by atoms with Crippen molar-refractivity contribution in [3.63, 3.8) is 0 Å². The van der Waals surface area contributed by atoms with Gasteiger partial charge in [0.15, 0.2) is 0 Å². The van der Waals surface area contributed by atoms with Crippen LogP contribution in [0.3, 0.4) is 0 Å². The molecule has 0 aliphatic rings. The molecular weight excluding hydrogens is 429 g/mol. The van der Waals surface area contributed by atoms with Crippen molar-refractivity contribution in [2.45, 2.75) is 37.8 Å². The van der Waals surface area contributed by atoms with Crippen molar-refractivity contribution in [2.75, 3.05) is 13.2 Å². The zero-order chi connectivity index (χ0) is 20.0. The summed E-state index contributed by atoms with van der Waals surface area (Å²) < 4.78 is 6.61. The van der Waals surface area contributed by atoms with Crippen molar-refractivity contribution in [1.82, 2.24) is 10.3 Å². The maximum absolute atomic E-state index is 12.3. The van der Waals surface area contributed by atoms with Crippen LogP contribution in [0, 0.1) is 13.5 Å². The van der Waals surface area contributed by atoms with Gasteiger partial charge in [0.05, 0.1) is 0 Å². The Kier molecular flexibility index (Phi) is 7.66. The number of carbonyl (C=O) groups is 2. The summed E-state index contributed by atoms with van der Waals surface area (Å²) in [5, 5.41) is 2.98. The molecule has 0 radical (unpaired) electrons. The Bertz CT molecular complexity index is 887. The average Bonchev–Trinajstić information content (AvgIpc) is 3.00. The van der Waals surface area contributed by atoms with Gasteiger partial charge in [0.1, 0.15) is 0 Å². The molecule has 27 heavy (non-hydrogen) atoms. The Balaban J connectivity index is 2.17. The van der Waals surface area contributed by atoms with Gasteiger partial charge in [-0.05, 0) is 0 Å². The SMILES string of the molecule is [C-]#[N+]c1cc(-c2nc(C)c(C(=O)OCCNC(C)=O)[se]2)ccc1SC(C)C. The molecule has 1 N–H and O–H groups in total. The van der Waals surface area contributed by atoms with Crippen LogP contribution >= 0.6 is 11.8 Å². The Morgan fingerprint density at radius 1 is 1.41 bits per heavy atom. The van der Waals surface area contributed by atoms with E-state index in [0.29, 0.717) is 21.1 Å². The molecule has 2 aromatic rings. The van der Waals surface area contributed by atoms with Crippen LogP contribution in [0.1, 0.15) is 35.7 Å². The number of aryl methyl sites for hydroxylation is 1. The molecule has 2 rings (SSSR count). The summed E-state index contributed by atoms with van der Waals surface area (Å²) in [5.41, 5.74) is 2.13. The fraction of sp³-hybridized carbons (Fsp3) is 0.368.